The van der Waals surface area contributed by atoms with Crippen molar-refractivity contribution in [1.82, 2.24) is 4.90 Å². The fourth-order valence-corrected chi connectivity index (χ4v) is 1.16. The van der Waals surface area contributed by atoms with Crippen molar-refractivity contribution >= 4 is 5.91 Å². The predicted octanol–water partition coefficient (Wildman–Crippen LogP) is 1.69. The van der Waals surface area contributed by atoms with E-state index >= 15 is 0 Å². The molecular formula is C11H17N3O. The molecule has 0 radical (unpaired) electrons. The number of nitriles is 2. The van der Waals surface area contributed by atoms with E-state index in [0.29, 0.717) is 25.9 Å². The monoisotopic (exact) mass is 207 g/mol. The number of rotatable bonds is 4. The lowest BCUT2D eigenvalue weighted by Crippen LogP contribution is -2.40. The number of carbonyl (C=O) groups is 1. The summed E-state index contributed by atoms with van der Waals surface area (Å²) >= 11 is 0. The third-order valence-corrected chi connectivity index (χ3v) is 1.92. The number of hydrogen-bond donors (Lipinski definition) is 0. The van der Waals surface area contributed by atoms with Crippen molar-refractivity contribution < 1.29 is 4.79 Å². The van der Waals surface area contributed by atoms with E-state index in [9.17, 15) is 4.79 Å². The second-order valence-corrected chi connectivity index (χ2v) is 4.36. The van der Waals surface area contributed by atoms with Gasteiger partial charge in [0.2, 0.25) is 5.91 Å². The highest BCUT2D eigenvalue weighted by atomic mass is 16.2. The lowest BCUT2D eigenvalue weighted by molar-refractivity contribution is -0.139. The van der Waals surface area contributed by atoms with Crippen LogP contribution in [-0.2, 0) is 4.79 Å². The van der Waals surface area contributed by atoms with Crippen molar-refractivity contribution in [1.29, 1.82) is 10.5 Å². The van der Waals surface area contributed by atoms with Gasteiger partial charge in [-0.05, 0) is 0 Å². The first-order chi connectivity index (χ1) is 6.93. The van der Waals surface area contributed by atoms with E-state index in [0.717, 1.165) is 0 Å². The quantitative estimate of drug-likeness (QED) is 0.704. The van der Waals surface area contributed by atoms with Gasteiger partial charge in [0.1, 0.15) is 0 Å². The summed E-state index contributed by atoms with van der Waals surface area (Å²) in [6.45, 7) is 6.33. The Morgan fingerprint density at radius 3 is 1.80 bits per heavy atom. The van der Waals surface area contributed by atoms with Crippen molar-refractivity contribution in [3.8, 4) is 12.1 Å². The van der Waals surface area contributed by atoms with E-state index in [2.05, 4.69) is 0 Å². The lowest BCUT2D eigenvalue weighted by atomic mass is 9.94. The molecule has 0 aliphatic rings. The Morgan fingerprint density at radius 2 is 1.53 bits per heavy atom. The van der Waals surface area contributed by atoms with Crippen molar-refractivity contribution in [2.45, 2.75) is 33.6 Å². The van der Waals surface area contributed by atoms with Gasteiger partial charge in [-0.15, -0.1) is 0 Å². The molecule has 0 aromatic carbocycles. The van der Waals surface area contributed by atoms with Gasteiger partial charge in [-0.2, -0.15) is 10.5 Å². The van der Waals surface area contributed by atoms with Crippen molar-refractivity contribution in [2.75, 3.05) is 13.1 Å². The van der Waals surface area contributed by atoms with Gasteiger partial charge in [0.15, 0.2) is 0 Å². The molecule has 0 N–H and O–H groups in total. The largest absolute Gasteiger partial charge is 0.340 e. The molecule has 4 heteroatoms. The fraction of sp³-hybridized carbons (Fsp3) is 0.727. The highest BCUT2D eigenvalue weighted by Gasteiger charge is 2.26. The molecule has 82 valence electrons. The van der Waals surface area contributed by atoms with Crippen LogP contribution in [0.2, 0.25) is 0 Å². The van der Waals surface area contributed by atoms with E-state index in [1.165, 1.54) is 0 Å². The first-order valence-corrected chi connectivity index (χ1v) is 4.96. The fourth-order valence-electron chi connectivity index (χ4n) is 1.16. The smallest absolute Gasteiger partial charge is 0.228 e. The Balaban J connectivity index is 4.43. The molecule has 15 heavy (non-hydrogen) atoms. The third kappa shape index (κ3) is 5.02. The summed E-state index contributed by atoms with van der Waals surface area (Å²) in [7, 11) is 0. The van der Waals surface area contributed by atoms with Crippen molar-refractivity contribution in [3.63, 3.8) is 0 Å². The molecule has 0 aliphatic heterocycles. The third-order valence-electron chi connectivity index (χ3n) is 1.92. The zero-order valence-corrected chi connectivity index (χ0v) is 9.58. The number of nitrogens with zero attached hydrogens (tertiary/aromatic N) is 3. The molecule has 0 rings (SSSR count). The van der Waals surface area contributed by atoms with Gasteiger partial charge in [-0.1, -0.05) is 20.8 Å². The maximum absolute atomic E-state index is 11.9. The van der Waals surface area contributed by atoms with Crippen LogP contribution in [0.1, 0.15) is 33.6 Å². The van der Waals surface area contributed by atoms with Crippen LogP contribution in [0.3, 0.4) is 0 Å². The minimum atomic E-state index is -0.453. The molecule has 0 aliphatic carbocycles. The van der Waals surface area contributed by atoms with E-state index in [1.54, 1.807) is 4.90 Å². The summed E-state index contributed by atoms with van der Waals surface area (Å²) in [4.78, 5) is 13.5. The number of hydrogen-bond acceptors (Lipinski definition) is 3. The standard InChI is InChI=1S/C11H17N3O/c1-11(2,3)10(15)14(8-4-6-12)9-5-7-13/h4-5,8-9H2,1-3H3. The topological polar surface area (TPSA) is 67.9 Å². The summed E-state index contributed by atoms with van der Waals surface area (Å²) < 4.78 is 0. The van der Waals surface area contributed by atoms with Gasteiger partial charge in [0.25, 0.3) is 0 Å². The van der Waals surface area contributed by atoms with Crippen LogP contribution < -0.4 is 0 Å². The van der Waals surface area contributed by atoms with Crippen molar-refractivity contribution in [3.05, 3.63) is 0 Å². The normalized spacial score (nSPS) is 10.2. The Morgan fingerprint density at radius 1 is 1.13 bits per heavy atom. The minimum Gasteiger partial charge on any atom is -0.340 e. The lowest BCUT2D eigenvalue weighted by Gasteiger charge is -2.28. The molecule has 0 spiro atoms. The molecule has 0 saturated heterocycles. The molecule has 0 saturated carbocycles. The molecule has 0 heterocycles. The predicted molar refractivity (Wildman–Crippen MR) is 56.5 cm³/mol. The van der Waals surface area contributed by atoms with Gasteiger partial charge < -0.3 is 4.90 Å². The van der Waals surface area contributed by atoms with Crippen LogP contribution in [0.5, 0.6) is 0 Å². The summed E-state index contributed by atoms with van der Waals surface area (Å²) in [5.74, 6) is -0.00648. The minimum absolute atomic E-state index is 0.00648. The second-order valence-electron chi connectivity index (χ2n) is 4.36. The van der Waals surface area contributed by atoms with E-state index in [-0.39, 0.29) is 5.91 Å². The number of carbonyl (C=O) groups excluding carboxylic acids is 1. The van der Waals surface area contributed by atoms with E-state index < -0.39 is 5.41 Å². The van der Waals surface area contributed by atoms with Gasteiger partial charge in [0, 0.05) is 18.5 Å². The molecule has 0 aromatic heterocycles. The highest BCUT2D eigenvalue weighted by molar-refractivity contribution is 5.81. The summed E-state index contributed by atoms with van der Waals surface area (Å²) in [6, 6.07) is 4.01. The SMILES string of the molecule is CC(C)(C)C(=O)N(CCC#N)CCC#N. The zero-order valence-electron chi connectivity index (χ0n) is 9.58. The summed E-state index contributed by atoms with van der Waals surface area (Å²) in [6.07, 6.45) is 0.625. The summed E-state index contributed by atoms with van der Waals surface area (Å²) in [5, 5.41) is 16.9. The van der Waals surface area contributed by atoms with E-state index in [4.69, 9.17) is 10.5 Å². The first kappa shape index (κ1) is 13.4. The molecule has 4 nitrogen and oxygen atoms in total. The van der Waals surface area contributed by atoms with Crippen LogP contribution >= 0.6 is 0 Å². The van der Waals surface area contributed by atoms with Crippen LogP contribution in [0.15, 0.2) is 0 Å². The van der Waals surface area contributed by atoms with Crippen molar-refractivity contribution in [2.24, 2.45) is 5.41 Å². The Kier molecular flexibility index (Phi) is 5.41. The Labute approximate surface area is 91.1 Å². The summed E-state index contributed by atoms with van der Waals surface area (Å²) in [5.41, 5.74) is -0.453. The molecular weight excluding hydrogens is 190 g/mol. The Hall–Kier alpha value is -1.55. The average molecular weight is 207 g/mol. The first-order valence-electron chi connectivity index (χ1n) is 4.96. The number of amides is 1. The van der Waals surface area contributed by atoms with Gasteiger partial charge in [-0.3, -0.25) is 4.79 Å². The highest BCUT2D eigenvalue weighted by Crippen LogP contribution is 2.17. The van der Waals surface area contributed by atoms with Gasteiger partial charge in [-0.25, -0.2) is 0 Å². The second kappa shape index (κ2) is 6.03. The maximum atomic E-state index is 11.9. The molecule has 0 bridgehead atoms. The van der Waals surface area contributed by atoms with Gasteiger partial charge >= 0.3 is 0 Å². The maximum Gasteiger partial charge on any atom is 0.228 e. The molecule has 0 aromatic rings. The Bertz CT molecular complexity index is 272. The van der Waals surface area contributed by atoms with E-state index in [1.807, 2.05) is 32.9 Å². The van der Waals surface area contributed by atoms with Gasteiger partial charge in [0.05, 0.1) is 25.0 Å². The van der Waals surface area contributed by atoms with Crippen LogP contribution in [-0.4, -0.2) is 23.9 Å². The van der Waals surface area contributed by atoms with Crippen LogP contribution in [0, 0.1) is 28.1 Å². The molecule has 0 atom stereocenters. The molecule has 0 unspecified atom stereocenters. The van der Waals surface area contributed by atoms with Crippen LogP contribution in [0.25, 0.3) is 0 Å². The van der Waals surface area contributed by atoms with Crippen LogP contribution in [0.4, 0.5) is 0 Å². The molecule has 0 fully saturated rings. The average Bonchev–Trinajstić information content (AvgIpc) is 2.16. The molecule has 1 amide bonds. The zero-order chi connectivity index (χ0) is 11.9.